The van der Waals surface area contributed by atoms with Crippen molar-refractivity contribution in [1.29, 1.82) is 0 Å². The molecule has 1 aromatic carbocycles. The number of anilines is 1. The number of hydroxylamine groups is 1. The van der Waals surface area contributed by atoms with Crippen LogP contribution in [0.2, 0.25) is 0 Å². The Morgan fingerprint density at radius 1 is 1.52 bits per heavy atom. The van der Waals surface area contributed by atoms with Crippen molar-refractivity contribution in [2.75, 3.05) is 32.0 Å². The average Bonchev–Trinajstić information content (AvgIpc) is 3.22. The highest BCUT2D eigenvalue weighted by molar-refractivity contribution is 9.10. The first-order valence-corrected chi connectivity index (χ1v) is 8.55. The van der Waals surface area contributed by atoms with Gasteiger partial charge in [0.05, 0.1) is 10.2 Å². The van der Waals surface area contributed by atoms with E-state index in [0.29, 0.717) is 24.0 Å². The van der Waals surface area contributed by atoms with Crippen molar-refractivity contribution < 1.29 is 14.2 Å². The molecule has 1 aliphatic heterocycles. The first-order valence-electron chi connectivity index (χ1n) is 7.76. The van der Waals surface area contributed by atoms with Crippen LogP contribution in [0.25, 0.3) is 0 Å². The highest BCUT2D eigenvalue weighted by Crippen LogP contribution is 2.23. The number of aromatic nitrogens is 2. The molecule has 3 N–H and O–H groups in total. The molecule has 25 heavy (non-hydrogen) atoms. The summed E-state index contributed by atoms with van der Waals surface area (Å²) in [6, 6.07) is 4.24. The molecule has 0 saturated carbocycles. The number of benzene rings is 1. The molecule has 3 rings (SSSR count). The molecule has 134 valence electrons. The van der Waals surface area contributed by atoms with Gasteiger partial charge in [-0.3, -0.25) is 10.7 Å². The topological polar surface area (TPSA) is 98.8 Å². The van der Waals surface area contributed by atoms with Gasteiger partial charge in [-0.05, 0) is 70.4 Å². The highest BCUT2D eigenvalue weighted by Gasteiger charge is 2.22. The Hall–Kier alpha value is -2.04. The van der Waals surface area contributed by atoms with E-state index in [9.17, 15) is 9.60 Å². The predicted octanol–water partition coefficient (Wildman–Crippen LogP) is 2.39. The molecule has 0 amide bonds. The van der Waals surface area contributed by atoms with Gasteiger partial charge in [0, 0.05) is 13.1 Å². The summed E-state index contributed by atoms with van der Waals surface area (Å²) < 4.78 is 18.4. The largest absolute Gasteiger partial charge is 0.365 e. The lowest BCUT2D eigenvalue weighted by atomic mass is 10.1. The molecule has 1 aromatic heterocycles. The Balaban J connectivity index is 1.76. The monoisotopic (exact) mass is 412 g/mol. The molecule has 0 spiro atoms. The zero-order chi connectivity index (χ0) is 17.8. The molecule has 0 bridgehead atoms. The van der Waals surface area contributed by atoms with Crippen molar-refractivity contribution in [3.8, 4) is 0 Å². The number of hydrogen-bond donors (Lipinski definition) is 3. The molecular weight excluding hydrogens is 395 g/mol. The van der Waals surface area contributed by atoms with Gasteiger partial charge in [-0.25, -0.2) is 14.0 Å². The van der Waals surface area contributed by atoms with Crippen LogP contribution < -0.4 is 10.8 Å². The maximum atomic E-state index is 13.3. The Kier molecular flexibility index (Phi) is 5.61. The lowest BCUT2D eigenvalue weighted by Crippen LogP contribution is -2.24. The minimum Gasteiger partial charge on any atom is -0.365 e. The maximum absolute atomic E-state index is 13.3. The molecule has 1 saturated heterocycles. The van der Waals surface area contributed by atoms with Gasteiger partial charge in [-0.15, -0.1) is 0 Å². The van der Waals surface area contributed by atoms with E-state index in [4.69, 9.17) is 4.63 Å². The summed E-state index contributed by atoms with van der Waals surface area (Å²) in [6.45, 7) is 2.80. The van der Waals surface area contributed by atoms with Gasteiger partial charge in [0.15, 0.2) is 11.5 Å². The number of nitrogens with zero attached hydrogens (tertiary/aromatic N) is 4. The lowest BCUT2D eigenvalue weighted by molar-refractivity contribution is 0.234. The second-order valence-electron chi connectivity index (χ2n) is 5.93. The zero-order valence-corrected chi connectivity index (χ0v) is 15.1. The van der Waals surface area contributed by atoms with Gasteiger partial charge < -0.3 is 10.2 Å². The van der Waals surface area contributed by atoms with Gasteiger partial charge in [0.25, 0.3) is 0 Å². The Bertz CT molecular complexity index is 768. The third-order valence-corrected chi connectivity index (χ3v) is 4.62. The van der Waals surface area contributed by atoms with Crippen LogP contribution in [0, 0.1) is 11.7 Å². The summed E-state index contributed by atoms with van der Waals surface area (Å²) in [5, 5.41) is 20.2. The standard InChI is InChI=1S/C15H18BrFN6O2/c1-23-5-4-9(8-23)7-18-14-13(21-25-22-14)15(20-24)19-10-2-3-12(17)11(16)6-10/h2-3,6,9,24H,4-5,7-8H2,1H3,(H,18,22)(H,19,20). The van der Waals surface area contributed by atoms with E-state index in [0.717, 1.165) is 19.5 Å². The van der Waals surface area contributed by atoms with E-state index in [2.05, 4.69) is 48.5 Å². The fourth-order valence-electron chi connectivity index (χ4n) is 2.71. The van der Waals surface area contributed by atoms with Crippen LogP contribution in [-0.2, 0) is 0 Å². The SMILES string of the molecule is CN1CCC(CNc2nonc2C(=Nc2ccc(F)c(Br)c2)NO)C1. The van der Waals surface area contributed by atoms with Gasteiger partial charge in [-0.2, -0.15) is 0 Å². The molecule has 2 aromatic rings. The normalized spacial score (nSPS) is 18.6. The minimum absolute atomic E-state index is 0.0470. The summed E-state index contributed by atoms with van der Waals surface area (Å²) >= 11 is 3.10. The molecular formula is C15H18BrFN6O2. The number of likely N-dealkylation sites (tertiary alicyclic amines) is 1. The van der Waals surface area contributed by atoms with E-state index in [-0.39, 0.29) is 16.0 Å². The van der Waals surface area contributed by atoms with E-state index < -0.39 is 5.82 Å². The second kappa shape index (κ2) is 7.89. The molecule has 10 heteroatoms. The first kappa shape index (κ1) is 17.8. The maximum Gasteiger partial charge on any atom is 0.202 e. The summed E-state index contributed by atoms with van der Waals surface area (Å²) in [5.41, 5.74) is 2.66. The number of hydrogen-bond acceptors (Lipinski definition) is 7. The van der Waals surface area contributed by atoms with Crippen molar-refractivity contribution >= 4 is 33.3 Å². The van der Waals surface area contributed by atoms with E-state index in [1.165, 1.54) is 18.2 Å². The van der Waals surface area contributed by atoms with E-state index in [1.54, 1.807) is 0 Å². The van der Waals surface area contributed by atoms with Crippen molar-refractivity contribution in [3.63, 3.8) is 0 Å². The van der Waals surface area contributed by atoms with E-state index >= 15 is 0 Å². The molecule has 8 nitrogen and oxygen atoms in total. The molecule has 1 fully saturated rings. The smallest absolute Gasteiger partial charge is 0.202 e. The number of nitrogens with one attached hydrogen (secondary N) is 2. The average molecular weight is 413 g/mol. The van der Waals surface area contributed by atoms with Crippen molar-refractivity contribution in [1.82, 2.24) is 20.7 Å². The molecule has 2 heterocycles. The number of aliphatic imine (C=N–C) groups is 1. The summed E-state index contributed by atoms with van der Waals surface area (Å²) in [4.78, 5) is 6.49. The Labute approximate surface area is 152 Å². The van der Waals surface area contributed by atoms with Gasteiger partial charge >= 0.3 is 0 Å². The van der Waals surface area contributed by atoms with E-state index in [1.807, 2.05) is 5.48 Å². The third-order valence-electron chi connectivity index (χ3n) is 4.01. The van der Waals surface area contributed by atoms with Gasteiger partial charge in [-0.1, -0.05) is 0 Å². The summed E-state index contributed by atoms with van der Waals surface area (Å²) in [6.07, 6.45) is 1.10. The van der Waals surface area contributed by atoms with Crippen molar-refractivity contribution in [3.05, 3.63) is 34.2 Å². The predicted molar refractivity (Wildman–Crippen MR) is 93.6 cm³/mol. The molecule has 1 aliphatic rings. The number of halogens is 2. The van der Waals surface area contributed by atoms with Crippen LogP contribution in [0.15, 0.2) is 32.3 Å². The van der Waals surface area contributed by atoms with Crippen LogP contribution in [-0.4, -0.2) is 52.9 Å². The van der Waals surface area contributed by atoms with Crippen molar-refractivity contribution in [2.24, 2.45) is 10.9 Å². The highest BCUT2D eigenvalue weighted by atomic mass is 79.9. The van der Waals surface area contributed by atoms with Crippen LogP contribution in [0.5, 0.6) is 0 Å². The van der Waals surface area contributed by atoms with Crippen LogP contribution in [0.3, 0.4) is 0 Å². The zero-order valence-electron chi connectivity index (χ0n) is 13.5. The third kappa shape index (κ3) is 4.33. The molecule has 0 aliphatic carbocycles. The fourth-order valence-corrected chi connectivity index (χ4v) is 3.08. The lowest BCUT2D eigenvalue weighted by Gasteiger charge is -2.11. The number of amidine groups is 1. The Morgan fingerprint density at radius 2 is 2.36 bits per heavy atom. The Morgan fingerprint density at radius 3 is 3.04 bits per heavy atom. The van der Waals surface area contributed by atoms with Gasteiger partial charge in [0.1, 0.15) is 5.82 Å². The number of rotatable bonds is 5. The molecule has 0 radical (unpaired) electrons. The van der Waals surface area contributed by atoms with Gasteiger partial charge in [0.2, 0.25) is 5.82 Å². The summed E-state index contributed by atoms with van der Waals surface area (Å²) in [7, 11) is 2.09. The van der Waals surface area contributed by atoms with Crippen molar-refractivity contribution in [2.45, 2.75) is 6.42 Å². The van der Waals surface area contributed by atoms with Crippen LogP contribution in [0.1, 0.15) is 12.1 Å². The van der Waals surface area contributed by atoms with Crippen LogP contribution in [0.4, 0.5) is 15.9 Å². The minimum atomic E-state index is -0.399. The fraction of sp³-hybridized carbons (Fsp3) is 0.400. The first-order chi connectivity index (χ1) is 12.1. The molecule has 1 unspecified atom stereocenters. The second-order valence-corrected chi connectivity index (χ2v) is 6.78. The quantitative estimate of drug-likeness (QED) is 0.393. The molecule has 1 atom stereocenters. The van der Waals surface area contributed by atoms with Crippen LogP contribution >= 0.6 is 15.9 Å². The summed E-state index contributed by atoms with van der Waals surface area (Å²) in [5.74, 6) is 0.538.